The normalized spacial score (nSPS) is 12.6. The summed E-state index contributed by atoms with van der Waals surface area (Å²) in [5.74, 6) is 0. The quantitative estimate of drug-likeness (QED) is 0.858. The van der Waals surface area contributed by atoms with Gasteiger partial charge in [-0.15, -0.1) is 11.3 Å². The smallest absolute Gasteiger partial charge is 0.115 e. The molecule has 2 heterocycles. The molecular weight excluding hydrogens is 206 g/mol. The van der Waals surface area contributed by atoms with Crippen molar-refractivity contribution in [2.45, 2.75) is 19.5 Å². The molecule has 0 aliphatic carbocycles. The third-order valence-electron chi connectivity index (χ3n) is 2.20. The zero-order valence-corrected chi connectivity index (χ0v) is 9.37. The maximum atomic E-state index is 3.98. The molecule has 2 aromatic heterocycles. The standard InChI is InChI=1S/C11H13N3S/c1-9(11-3-2-4-15-11)14-7-10-5-12-8-13-6-10/h2-6,8-9,14H,7H2,1H3. The van der Waals surface area contributed by atoms with Crippen molar-refractivity contribution in [2.24, 2.45) is 0 Å². The lowest BCUT2D eigenvalue weighted by Crippen LogP contribution is -2.17. The summed E-state index contributed by atoms with van der Waals surface area (Å²) in [6, 6.07) is 4.60. The maximum absolute atomic E-state index is 3.98. The number of hydrogen-bond acceptors (Lipinski definition) is 4. The van der Waals surface area contributed by atoms with Gasteiger partial charge in [-0.3, -0.25) is 0 Å². The minimum Gasteiger partial charge on any atom is -0.305 e. The summed E-state index contributed by atoms with van der Waals surface area (Å²) in [5, 5.41) is 5.53. The van der Waals surface area contributed by atoms with Gasteiger partial charge in [-0.1, -0.05) is 6.07 Å². The third kappa shape index (κ3) is 2.84. The highest BCUT2D eigenvalue weighted by Gasteiger charge is 2.04. The van der Waals surface area contributed by atoms with Crippen LogP contribution in [-0.4, -0.2) is 9.97 Å². The van der Waals surface area contributed by atoms with Crippen LogP contribution >= 0.6 is 11.3 Å². The fraction of sp³-hybridized carbons (Fsp3) is 0.273. The summed E-state index contributed by atoms with van der Waals surface area (Å²) >= 11 is 1.77. The Labute approximate surface area is 93.2 Å². The van der Waals surface area contributed by atoms with Crippen LogP contribution < -0.4 is 5.32 Å². The lowest BCUT2D eigenvalue weighted by molar-refractivity contribution is 0.581. The summed E-state index contributed by atoms with van der Waals surface area (Å²) in [7, 11) is 0. The van der Waals surface area contributed by atoms with Crippen LogP contribution in [0.2, 0.25) is 0 Å². The Morgan fingerprint density at radius 1 is 1.40 bits per heavy atom. The van der Waals surface area contributed by atoms with E-state index in [0.717, 1.165) is 12.1 Å². The summed E-state index contributed by atoms with van der Waals surface area (Å²) < 4.78 is 0. The summed E-state index contributed by atoms with van der Waals surface area (Å²) in [5.41, 5.74) is 1.11. The van der Waals surface area contributed by atoms with E-state index < -0.39 is 0 Å². The first-order chi connectivity index (χ1) is 7.36. The largest absolute Gasteiger partial charge is 0.305 e. The van der Waals surface area contributed by atoms with E-state index in [1.807, 2.05) is 12.4 Å². The zero-order valence-electron chi connectivity index (χ0n) is 8.55. The number of aromatic nitrogens is 2. The molecule has 1 atom stereocenters. The molecule has 0 saturated heterocycles. The molecule has 0 aliphatic heterocycles. The monoisotopic (exact) mass is 219 g/mol. The van der Waals surface area contributed by atoms with Crippen molar-refractivity contribution < 1.29 is 0 Å². The van der Waals surface area contributed by atoms with E-state index in [2.05, 4.69) is 39.7 Å². The second-order valence-electron chi connectivity index (χ2n) is 3.36. The molecule has 0 aliphatic rings. The molecule has 3 nitrogen and oxygen atoms in total. The molecule has 0 radical (unpaired) electrons. The number of nitrogens with one attached hydrogen (secondary N) is 1. The van der Waals surface area contributed by atoms with E-state index >= 15 is 0 Å². The molecule has 4 heteroatoms. The third-order valence-corrected chi connectivity index (χ3v) is 3.25. The number of rotatable bonds is 4. The Morgan fingerprint density at radius 3 is 2.87 bits per heavy atom. The molecule has 0 saturated carbocycles. The SMILES string of the molecule is CC(NCc1cncnc1)c1cccs1. The van der Waals surface area contributed by atoms with Crippen molar-refractivity contribution in [3.05, 3.63) is 46.7 Å². The van der Waals surface area contributed by atoms with Gasteiger partial charge in [0.2, 0.25) is 0 Å². The van der Waals surface area contributed by atoms with Crippen molar-refractivity contribution in [1.82, 2.24) is 15.3 Å². The average molecular weight is 219 g/mol. The van der Waals surface area contributed by atoms with Crippen molar-refractivity contribution in [3.8, 4) is 0 Å². The molecule has 2 aromatic rings. The van der Waals surface area contributed by atoms with Crippen LogP contribution in [0.25, 0.3) is 0 Å². The second-order valence-corrected chi connectivity index (χ2v) is 4.34. The molecule has 1 N–H and O–H groups in total. The van der Waals surface area contributed by atoms with Crippen LogP contribution in [0.15, 0.2) is 36.2 Å². The van der Waals surface area contributed by atoms with Crippen LogP contribution in [-0.2, 0) is 6.54 Å². The molecule has 0 spiro atoms. The van der Waals surface area contributed by atoms with Crippen molar-refractivity contribution in [1.29, 1.82) is 0 Å². The predicted octanol–water partition coefficient (Wildman–Crippen LogP) is 2.39. The Morgan fingerprint density at radius 2 is 2.20 bits per heavy atom. The Balaban J connectivity index is 1.89. The van der Waals surface area contributed by atoms with Crippen molar-refractivity contribution in [3.63, 3.8) is 0 Å². The van der Waals surface area contributed by atoms with Gasteiger partial charge in [0.05, 0.1) is 0 Å². The second kappa shape index (κ2) is 5.00. The van der Waals surface area contributed by atoms with Crippen LogP contribution in [0.4, 0.5) is 0 Å². The Kier molecular flexibility index (Phi) is 3.42. The van der Waals surface area contributed by atoms with Gasteiger partial charge < -0.3 is 5.32 Å². The Hall–Kier alpha value is -1.26. The molecule has 0 aromatic carbocycles. The van der Waals surface area contributed by atoms with E-state index in [4.69, 9.17) is 0 Å². The van der Waals surface area contributed by atoms with Crippen LogP contribution in [0.5, 0.6) is 0 Å². The molecule has 2 rings (SSSR count). The lowest BCUT2D eigenvalue weighted by atomic mass is 10.2. The summed E-state index contributed by atoms with van der Waals surface area (Å²) in [6.45, 7) is 2.97. The molecule has 0 fully saturated rings. The number of hydrogen-bond donors (Lipinski definition) is 1. The van der Waals surface area contributed by atoms with Gasteiger partial charge >= 0.3 is 0 Å². The van der Waals surface area contributed by atoms with E-state index in [9.17, 15) is 0 Å². The molecule has 1 unspecified atom stereocenters. The van der Waals surface area contributed by atoms with Crippen LogP contribution in [0.1, 0.15) is 23.4 Å². The molecular formula is C11H13N3S. The number of nitrogens with zero attached hydrogens (tertiary/aromatic N) is 2. The highest BCUT2D eigenvalue weighted by Crippen LogP contribution is 2.18. The average Bonchev–Trinajstić information content (AvgIpc) is 2.81. The zero-order chi connectivity index (χ0) is 10.5. The van der Waals surface area contributed by atoms with E-state index in [0.29, 0.717) is 6.04 Å². The number of thiophene rings is 1. The minimum absolute atomic E-state index is 0.380. The van der Waals surface area contributed by atoms with E-state index in [-0.39, 0.29) is 0 Å². The van der Waals surface area contributed by atoms with Gasteiger partial charge in [0.1, 0.15) is 6.33 Å². The fourth-order valence-electron chi connectivity index (χ4n) is 1.33. The summed E-state index contributed by atoms with van der Waals surface area (Å²) in [6.07, 6.45) is 5.22. The van der Waals surface area contributed by atoms with Crippen molar-refractivity contribution >= 4 is 11.3 Å². The van der Waals surface area contributed by atoms with Gasteiger partial charge in [0.15, 0.2) is 0 Å². The van der Waals surface area contributed by atoms with Crippen LogP contribution in [0, 0.1) is 0 Å². The molecule has 15 heavy (non-hydrogen) atoms. The van der Waals surface area contributed by atoms with Crippen molar-refractivity contribution in [2.75, 3.05) is 0 Å². The Bertz CT molecular complexity index is 385. The molecule has 78 valence electrons. The van der Waals surface area contributed by atoms with Gasteiger partial charge in [0, 0.05) is 35.4 Å². The minimum atomic E-state index is 0.380. The van der Waals surface area contributed by atoms with E-state index in [1.54, 1.807) is 17.7 Å². The first-order valence-electron chi connectivity index (χ1n) is 4.87. The summed E-state index contributed by atoms with van der Waals surface area (Å²) in [4.78, 5) is 9.31. The van der Waals surface area contributed by atoms with Gasteiger partial charge in [0.25, 0.3) is 0 Å². The highest BCUT2D eigenvalue weighted by molar-refractivity contribution is 7.10. The lowest BCUT2D eigenvalue weighted by Gasteiger charge is -2.11. The van der Waals surface area contributed by atoms with E-state index in [1.165, 1.54) is 4.88 Å². The van der Waals surface area contributed by atoms with Crippen LogP contribution in [0.3, 0.4) is 0 Å². The first-order valence-corrected chi connectivity index (χ1v) is 5.75. The highest BCUT2D eigenvalue weighted by atomic mass is 32.1. The molecule has 0 bridgehead atoms. The maximum Gasteiger partial charge on any atom is 0.115 e. The fourth-order valence-corrected chi connectivity index (χ4v) is 2.09. The van der Waals surface area contributed by atoms with Gasteiger partial charge in [-0.05, 0) is 18.4 Å². The first kappa shape index (κ1) is 10.3. The predicted molar refractivity (Wildman–Crippen MR) is 61.6 cm³/mol. The van der Waals surface area contributed by atoms with Gasteiger partial charge in [-0.25, -0.2) is 9.97 Å². The molecule has 0 amide bonds. The van der Waals surface area contributed by atoms with Gasteiger partial charge in [-0.2, -0.15) is 0 Å². The topological polar surface area (TPSA) is 37.8 Å².